The number of hydrogen-bond donors (Lipinski definition) is 3. The van der Waals surface area contributed by atoms with E-state index in [1.54, 1.807) is 11.1 Å². The van der Waals surface area contributed by atoms with Gasteiger partial charge in [0.1, 0.15) is 41.2 Å². The number of nitrogens with zero attached hydrogens (tertiary/aromatic N) is 5. The number of carbonyl (C=O) groups excluding carboxylic acids is 1. The third-order valence-corrected chi connectivity index (χ3v) is 8.20. The maximum atomic E-state index is 13.8. The van der Waals surface area contributed by atoms with Crippen LogP contribution in [0.4, 0.5) is 13.2 Å². The summed E-state index contributed by atoms with van der Waals surface area (Å²) >= 11 is 4.48. The first-order chi connectivity index (χ1) is 19.2. The number of methoxy groups -OCH3 is 1. The number of thioether (sulfide) groups is 1. The Kier molecular flexibility index (Phi) is 8.75. The van der Waals surface area contributed by atoms with Crippen molar-refractivity contribution in [3.8, 4) is 11.3 Å². The molecular formula is C24H24BrF3N6O5S. The maximum absolute atomic E-state index is 13.8. The van der Waals surface area contributed by atoms with E-state index in [1.165, 1.54) is 24.2 Å². The first-order valence-electron chi connectivity index (χ1n) is 12.1. The van der Waals surface area contributed by atoms with E-state index in [-0.39, 0.29) is 17.0 Å². The van der Waals surface area contributed by atoms with Crippen molar-refractivity contribution in [2.75, 3.05) is 26.8 Å². The molecule has 1 aromatic carbocycles. The second-order valence-electron chi connectivity index (χ2n) is 9.14. The molecule has 1 amide bonds. The van der Waals surface area contributed by atoms with Crippen molar-refractivity contribution in [1.82, 2.24) is 30.4 Å². The summed E-state index contributed by atoms with van der Waals surface area (Å²) in [5.41, 5.74) is 2.01. The fourth-order valence-electron chi connectivity index (χ4n) is 4.40. The summed E-state index contributed by atoms with van der Waals surface area (Å²) < 4.78 is 54.6. The van der Waals surface area contributed by atoms with Gasteiger partial charge in [0.15, 0.2) is 17.5 Å². The lowest BCUT2D eigenvalue weighted by atomic mass is 9.97. The van der Waals surface area contributed by atoms with Gasteiger partial charge in [-0.25, -0.2) is 27.8 Å². The first kappa shape index (κ1) is 28.9. The number of nitrogens with one attached hydrogen (secondary N) is 1. The van der Waals surface area contributed by atoms with Crippen molar-refractivity contribution in [2.45, 2.75) is 41.1 Å². The number of carbonyl (C=O) groups is 1. The quantitative estimate of drug-likeness (QED) is 0.314. The molecule has 214 valence electrons. The number of hydrazine groups is 1. The third kappa shape index (κ3) is 5.74. The van der Waals surface area contributed by atoms with E-state index in [9.17, 15) is 28.2 Å². The number of pyridine rings is 1. The predicted octanol–water partition coefficient (Wildman–Crippen LogP) is 2.30. The van der Waals surface area contributed by atoms with Gasteiger partial charge in [0.25, 0.3) is 5.91 Å². The van der Waals surface area contributed by atoms with Gasteiger partial charge in [-0.1, -0.05) is 17.0 Å². The van der Waals surface area contributed by atoms with Gasteiger partial charge in [-0.15, -0.1) is 5.10 Å². The van der Waals surface area contributed by atoms with Crippen molar-refractivity contribution in [1.29, 1.82) is 0 Å². The maximum Gasteiger partial charge on any atom is 0.285 e. The molecule has 0 spiro atoms. The van der Waals surface area contributed by atoms with E-state index in [2.05, 4.69) is 36.7 Å². The zero-order valence-electron chi connectivity index (χ0n) is 20.9. The summed E-state index contributed by atoms with van der Waals surface area (Å²) in [6.07, 6.45) is 0.455. The van der Waals surface area contributed by atoms with Crippen molar-refractivity contribution in [2.24, 2.45) is 0 Å². The highest BCUT2D eigenvalue weighted by Crippen LogP contribution is 2.41. The third-order valence-electron chi connectivity index (χ3n) is 6.59. The summed E-state index contributed by atoms with van der Waals surface area (Å²) in [6.45, 7) is 0.911. The van der Waals surface area contributed by atoms with Crippen molar-refractivity contribution >= 4 is 33.6 Å². The zero-order chi connectivity index (χ0) is 28.6. The number of benzene rings is 1. The fourth-order valence-corrected chi connectivity index (χ4v) is 6.19. The number of hydrogen-bond acceptors (Lipinski definition) is 10. The minimum Gasteiger partial charge on any atom is -0.394 e. The molecule has 5 rings (SSSR count). The van der Waals surface area contributed by atoms with E-state index in [1.807, 2.05) is 0 Å². The monoisotopic (exact) mass is 644 g/mol. The Bertz CT molecular complexity index is 1380. The first-order valence-corrected chi connectivity index (χ1v) is 13.8. The summed E-state index contributed by atoms with van der Waals surface area (Å²) in [5, 5.41) is 30.8. The van der Waals surface area contributed by atoms with Crippen molar-refractivity contribution in [3.63, 3.8) is 0 Å². The molecule has 16 heteroatoms. The number of aliphatic hydroxyl groups is 2. The topological polar surface area (TPSA) is 135 Å². The van der Waals surface area contributed by atoms with Crippen LogP contribution in [0, 0.1) is 17.5 Å². The second kappa shape index (κ2) is 12.1. The molecule has 2 aliphatic heterocycles. The Labute approximate surface area is 238 Å². The molecule has 40 heavy (non-hydrogen) atoms. The summed E-state index contributed by atoms with van der Waals surface area (Å²) in [4.78, 5) is 17.7. The van der Waals surface area contributed by atoms with Gasteiger partial charge >= 0.3 is 0 Å². The van der Waals surface area contributed by atoms with Crippen LogP contribution in [0.3, 0.4) is 0 Å². The van der Waals surface area contributed by atoms with Crippen LogP contribution >= 0.6 is 27.7 Å². The molecule has 2 fully saturated rings. The van der Waals surface area contributed by atoms with Gasteiger partial charge < -0.3 is 19.7 Å². The highest BCUT2D eigenvalue weighted by atomic mass is 79.9. The zero-order valence-corrected chi connectivity index (χ0v) is 23.3. The Balaban J connectivity index is 1.45. The van der Waals surface area contributed by atoms with Crippen molar-refractivity contribution < 1.29 is 37.7 Å². The van der Waals surface area contributed by atoms with E-state index in [4.69, 9.17) is 9.47 Å². The van der Waals surface area contributed by atoms with Crippen LogP contribution in [0.25, 0.3) is 11.3 Å². The van der Waals surface area contributed by atoms with Gasteiger partial charge in [-0.3, -0.25) is 10.2 Å². The summed E-state index contributed by atoms with van der Waals surface area (Å²) in [7, 11) is 1.39. The molecule has 11 nitrogen and oxygen atoms in total. The molecule has 0 bridgehead atoms. The van der Waals surface area contributed by atoms with E-state index < -0.39 is 59.8 Å². The number of halogens is 4. The largest absolute Gasteiger partial charge is 0.394 e. The minimum atomic E-state index is -1.61. The molecule has 3 aromatic rings. The SMILES string of the molecule is CO[C@@H]1[C@@H](n2cc(-c3cc(F)c(F)c(F)c3)nn2)[C@@H](O)[C@@H](CO)O[C@@H]1Sc1cc(Br)cnc1C(=O)NN1CCC1. The fraction of sp³-hybridized carbons (Fsp3) is 0.417. The normalized spacial score (nSPS) is 25.0. The molecular weight excluding hydrogens is 621 g/mol. The van der Waals surface area contributed by atoms with Crippen LogP contribution in [0.2, 0.25) is 0 Å². The predicted molar refractivity (Wildman–Crippen MR) is 138 cm³/mol. The van der Waals surface area contributed by atoms with Gasteiger partial charge in [-0.2, -0.15) is 0 Å². The van der Waals surface area contributed by atoms with Gasteiger partial charge in [0.05, 0.1) is 12.8 Å². The highest BCUT2D eigenvalue weighted by molar-refractivity contribution is 9.10. The van der Waals surface area contributed by atoms with Crippen LogP contribution in [-0.2, 0) is 9.47 Å². The highest BCUT2D eigenvalue weighted by Gasteiger charge is 2.48. The van der Waals surface area contributed by atoms with Crippen LogP contribution in [0.15, 0.2) is 40.0 Å². The molecule has 5 atom stereocenters. The van der Waals surface area contributed by atoms with Crippen molar-refractivity contribution in [3.05, 3.63) is 58.2 Å². The standard InChI is InChI=1S/C24H24BrF3N6O5S/c1-38-22-20(34-9-15(30-32-34)11-5-13(26)18(28)14(27)6-11)21(36)16(10-35)39-24(22)40-17-7-12(25)8-29-19(17)23(37)31-33-3-2-4-33/h5-9,16,20-22,24,35-36H,2-4,10H2,1H3,(H,31,37)/t16-,20+,21+,22-,24-/m1/s1. The van der Waals surface area contributed by atoms with E-state index in [0.717, 1.165) is 43.4 Å². The average molecular weight is 645 g/mol. The molecule has 2 aromatic heterocycles. The number of aliphatic hydroxyl groups excluding tert-OH is 2. The lowest BCUT2D eigenvalue weighted by Crippen LogP contribution is -2.55. The van der Waals surface area contributed by atoms with Crippen LogP contribution < -0.4 is 5.43 Å². The average Bonchev–Trinajstić information content (AvgIpc) is 3.39. The number of aromatic nitrogens is 4. The van der Waals surface area contributed by atoms with Crippen LogP contribution in [0.1, 0.15) is 23.0 Å². The Hall–Kier alpha value is -2.60. The number of rotatable bonds is 8. The molecule has 4 heterocycles. The lowest BCUT2D eigenvalue weighted by Gasteiger charge is -2.43. The smallest absolute Gasteiger partial charge is 0.285 e. The molecule has 0 saturated carbocycles. The number of ether oxygens (including phenoxy) is 2. The molecule has 0 aliphatic carbocycles. The Morgan fingerprint density at radius 1 is 1.27 bits per heavy atom. The Morgan fingerprint density at radius 3 is 2.62 bits per heavy atom. The summed E-state index contributed by atoms with van der Waals surface area (Å²) in [5.74, 6) is -4.80. The van der Waals surface area contributed by atoms with E-state index >= 15 is 0 Å². The van der Waals surface area contributed by atoms with Crippen LogP contribution in [-0.4, -0.2) is 91.7 Å². The molecule has 2 saturated heterocycles. The van der Waals surface area contributed by atoms with E-state index in [0.29, 0.717) is 9.37 Å². The molecule has 2 aliphatic rings. The van der Waals surface area contributed by atoms with Gasteiger partial charge in [0, 0.05) is 41.3 Å². The second-order valence-corrected chi connectivity index (χ2v) is 11.2. The molecule has 3 N–H and O–H groups in total. The molecule has 0 radical (unpaired) electrons. The van der Waals surface area contributed by atoms with Crippen LogP contribution in [0.5, 0.6) is 0 Å². The Morgan fingerprint density at radius 2 is 2.00 bits per heavy atom. The lowest BCUT2D eigenvalue weighted by molar-refractivity contribution is -0.186. The molecule has 0 unspecified atom stereocenters. The van der Waals surface area contributed by atoms with Gasteiger partial charge in [0.2, 0.25) is 0 Å². The number of amides is 1. The minimum absolute atomic E-state index is 0.0113. The summed E-state index contributed by atoms with van der Waals surface area (Å²) in [6, 6.07) is 2.27. The van der Waals surface area contributed by atoms with Gasteiger partial charge in [-0.05, 0) is 40.5 Å².